The molecular weight excluding hydrogens is 498 g/mol. The fraction of sp³-hybridized carbons (Fsp3) is 0.207. The topological polar surface area (TPSA) is 82.9 Å². The van der Waals surface area contributed by atoms with Crippen molar-refractivity contribution in [3.63, 3.8) is 0 Å². The molecule has 0 aliphatic carbocycles. The van der Waals surface area contributed by atoms with Crippen molar-refractivity contribution in [2.75, 3.05) is 36.1 Å². The summed E-state index contributed by atoms with van der Waals surface area (Å²) in [6.45, 7) is 3.21. The highest BCUT2D eigenvalue weighted by molar-refractivity contribution is 7.80. The van der Waals surface area contributed by atoms with Crippen molar-refractivity contribution in [2.45, 2.75) is 12.1 Å². The molecule has 4 aromatic rings. The third kappa shape index (κ3) is 4.51. The fourth-order valence-electron chi connectivity index (χ4n) is 5.24. The number of nitrogens with zero attached hydrogens (tertiary/aromatic N) is 4. The van der Waals surface area contributed by atoms with E-state index in [9.17, 15) is 9.90 Å². The third-order valence-electron chi connectivity index (χ3n) is 7.06. The minimum atomic E-state index is -0.961. The van der Waals surface area contributed by atoms with Crippen LogP contribution in [0, 0.1) is 0 Å². The number of ether oxygens (including phenoxy) is 1. The lowest BCUT2D eigenvalue weighted by Crippen LogP contribution is -2.36. The van der Waals surface area contributed by atoms with Gasteiger partial charge in [0.05, 0.1) is 30.5 Å². The number of pyridine rings is 1. The van der Waals surface area contributed by atoms with Gasteiger partial charge in [-0.1, -0.05) is 12.1 Å². The molecular formula is C29H27N5O3S. The first-order valence-electron chi connectivity index (χ1n) is 12.5. The smallest absolute Gasteiger partial charge is 0.335 e. The molecule has 2 aliphatic rings. The predicted molar refractivity (Wildman–Crippen MR) is 150 cm³/mol. The number of carbonyl (C=O) groups is 1. The van der Waals surface area contributed by atoms with E-state index in [1.165, 1.54) is 0 Å². The van der Waals surface area contributed by atoms with Crippen LogP contribution in [0.2, 0.25) is 0 Å². The van der Waals surface area contributed by atoms with Gasteiger partial charge in [-0.25, -0.2) is 4.79 Å². The predicted octanol–water partition coefficient (Wildman–Crippen LogP) is 4.58. The molecule has 0 bridgehead atoms. The van der Waals surface area contributed by atoms with Crippen molar-refractivity contribution in [1.29, 1.82) is 0 Å². The highest BCUT2D eigenvalue weighted by atomic mass is 32.1. The third-order valence-corrected chi connectivity index (χ3v) is 7.37. The van der Waals surface area contributed by atoms with E-state index in [1.807, 2.05) is 41.1 Å². The zero-order chi connectivity index (χ0) is 26.1. The molecule has 2 atom stereocenters. The number of hydrogen-bond donors (Lipinski definition) is 2. The fourth-order valence-corrected chi connectivity index (χ4v) is 5.58. The van der Waals surface area contributed by atoms with Gasteiger partial charge >= 0.3 is 5.97 Å². The number of rotatable bonds is 6. The average Bonchev–Trinajstić information content (AvgIpc) is 3.58. The number of hydrogen-bond acceptors (Lipinski definition) is 5. The Labute approximate surface area is 226 Å². The standard InChI is InChI=1S/C29H27N5O3S/c35-28(36)20-5-3-6-23(19-20)33-14-4-8-25(33)27-26(24-7-1-2-13-30-24)31-29(38)34(27)22-11-9-21(10-12-22)32-15-17-37-18-16-32/h1-14,19,26-27H,15-18H2,(H,31,38)(H,35,36)/t26-,27-/m1/s1. The Morgan fingerprint density at radius 3 is 2.47 bits per heavy atom. The molecule has 8 nitrogen and oxygen atoms in total. The number of carboxylic acids is 1. The molecule has 2 aromatic carbocycles. The lowest BCUT2D eigenvalue weighted by molar-refractivity contribution is 0.0697. The Morgan fingerprint density at radius 2 is 1.74 bits per heavy atom. The number of aromatic nitrogens is 2. The maximum atomic E-state index is 11.7. The summed E-state index contributed by atoms with van der Waals surface area (Å²) in [5.74, 6) is -0.961. The number of anilines is 2. The van der Waals surface area contributed by atoms with Gasteiger partial charge in [0, 0.05) is 48.2 Å². The molecule has 192 valence electrons. The summed E-state index contributed by atoms with van der Waals surface area (Å²) >= 11 is 5.90. The minimum absolute atomic E-state index is 0.209. The summed E-state index contributed by atoms with van der Waals surface area (Å²) in [4.78, 5) is 20.8. The highest BCUT2D eigenvalue weighted by Gasteiger charge is 2.42. The average molecular weight is 526 g/mol. The first-order valence-corrected chi connectivity index (χ1v) is 13.0. The van der Waals surface area contributed by atoms with Crippen LogP contribution in [0.25, 0.3) is 5.69 Å². The van der Waals surface area contributed by atoms with Crippen molar-refractivity contribution in [2.24, 2.45) is 0 Å². The second-order valence-corrected chi connectivity index (χ2v) is 9.66. The minimum Gasteiger partial charge on any atom is -0.478 e. The van der Waals surface area contributed by atoms with Gasteiger partial charge in [0.1, 0.15) is 6.04 Å². The van der Waals surface area contributed by atoms with Crippen molar-refractivity contribution in [1.82, 2.24) is 14.9 Å². The van der Waals surface area contributed by atoms with Gasteiger partial charge in [0.25, 0.3) is 0 Å². The quantitative estimate of drug-likeness (QED) is 0.354. The summed E-state index contributed by atoms with van der Waals surface area (Å²) < 4.78 is 7.53. The number of benzene rings is 2. The van der Waals surface area contributed by atoms with Crippen LogP contribution >= 0.6 is 12.2 Å². The molecule has 0 amide bonds. The Kier molecular flexibility index (Phi) is 6.53. The molecule has 0 saturated carbocycles. The van der Waals surface area contributed by atoms with E-state index < -0.39 is 5.97 Å². The Hall–Kier alpha value is -4.21. The monoisotopic (exact) mass is 525 g/mol. The van der Waals surface area contributed by atoms with Crippen LogP contribution in [0.3, 0.4) is 0 Å². The number of thiocarbonyl (C=S) groups is 1. The molecule has 38 heavy (non-hydrogen) atoms. The summed E-state index contributed by atoms with van der Waals surface area (Å²) in [5, 5.41) is 13.7. The van der Waals surface area contributed by atoms with E-state index in [0.29, 0.717) is 5.11 Å². The maximum absolute atomic E-state index is 11.7. The van der Waals surface area contributed by atoms with Crippen molar-refractivity contribution in [3.8, 4) is 5.69 Å². The van der Waals surface area contributed by atoms with Gasteiger partial charge in [-0.2, -0.15) is 0 Å². The summed E-state index contributed by atoms with van der Waals surface area (Å²) in [7, 11) is 0. The molecule has 0 unspecified atom stereocenters. The molecule has 2 aliphatic heterocycles. The Balaban J connectivity index is 1.42. The van der Waals surface area contributed by atoms with Crippen molar-refractivity contribution >= 4 is 34.7 Å². The number of nitrogens with one attached hydrogen (secondary N) is 1. The van der Waals surface area contributed by atoms with Gasteiger partial charge in [-0.15, -0.1) is 0 Å². The lowest BCUT2D eigenvalue weighted by Gasteiger charge is -2.31. The zero-order valence-electron chi connectivity index (χ0n) is 20.6. The lowest BCUT2D eigenvalue weighted by atomic mass is 10.0. The van der Waals surface area contributed by atoms with Gasteiger partial charge < -0.3 is 29.5 Å². The molecule has 2 saturated heterocycles. The number of carboxylic acid groups (broad SMARTS) is 1. The normalized spacial score (nSPS) is 19.4. The molecule has 0 radical (unpaired) electrons. The van der Waals surface area contributed by atoms with E-state index in [4.69, 9.17) is 17.0 Å². The Morgan fingerprint density at radius 1 is 0.947 bits per heavy atom. The van der Waals surface area contributed by atoms with E-state index in [0.717, 1.165) is 54.8 Å². The van der Waals surface area contributed by atoms with E-state index >= 15 is 0 Å². The van der Waals surface area contributed by atoms with Crippen LogP contribution < -0.4 is 15.1 Å². The van der Waals surface area contributed by atoms with Crippen LogP contribution in [-0.2, 0) is 4.74 Å². The summed E-state index contributed by atoms with van der Waals surface area (Å²) in [6.07, 6.45) is 3.74. The van der Waals surface area contributed by atoms with Crippen molar-refractivity contribution in [3.05, 3.63) is 108 Å². The second-order valence-electron chi connectivity index (χ2n) is 9.27. The van der Waals surface area contributed by atoms with Crippen molar-refractivity contribution < 1.29 is 14.6 Å². The molecule has 0 spiro atoms. The Bertz CT molecular complexity index is 1450. The number of morpholine rings is 1. The van der Waals surface area contributed by atoms with E-state index in [1.54, 1.807) is 24.4 Å². The zero-order valence-corrected chi connectivity index (χ0v) is 21.4. The van der Waals surface area contributed by atoms with E-state index in [-0.39, 0.29) is 17.6 Å². The molecule has 2 N–H and O–H groups in total. The highest BCUT2D eigenvalue weighted by Crippen LogP contribution is 2.42. The number of aromatic carboxylic acids is 1. The first kappa shape index (κ1) is 24.1. The van der Waals surface area contributed by atoms with Gasteiger partial charge in [0.2, 0.25) is 0 Å². The molecule has 2 fully saturated rings. The molecule has 6 rings (SSSR count). The van der Waals surface area contributed by atoms with Gasteiger partial charge in [-0.05, 0) is 78.9 Å². The van der Waals surface area contributed by atoms with Gasteiger partial charge in [0.15, 0.2) is 5.11 Å². The summed E-state index contributed by atoms with van der Waals surface area (Å²) in [5.41, 5.74) is 4.97. The van der Waals surface area contributed by atoms with Crippen LogP contribution in [0.5, 0.6) is 0 Å². The van der Waals surface area contributed by atoms with Crippen LogP contribution in [0.15, 0.2) is 91.3 Å². The molecule has 2 aromatic heterocycles. The largest absolute Gasteiger partial charge is 0.478 e. The first-order chi connectivity index (χ1) is 18.6. The van der Waals surface area contributed by atoms with Crippen LogP contribution in [0.1, 0.15) is 33.8 Å². The SMILES string of the molecule is O=C(O)c1cccc(-n2cccc2[C@@H]2[C@@H](c3ccccn3)NC(=S)N2c2ccc(N3CCOCC3)cc2)c1. The maximum Gasteiger partial charge on any atom is 0.335 e. The molecule has 4 heterocycles. The van der Waals surface area contributed by atoms with Crippen LogP contribution in [0.4, 0.5) is 11.4 Å². The van der Waals surface area contributed by atoms with Crippen LogP contribution in [-0.4, -0.2) is 52.0 Å². The second kappa shape index (κ2) is 10.3. The molecule has 9 heteroatoms. The summed E-state index contributed by atoms with van der Waals surface area (Å²) in [6, 6.07) is 24.9. The van der Waals surface area contributed by atoms with Gasteiger partial charge in [-0.3, -0.25) is 4.98 Å². The van der Waals surface area contributed by atoms with E-state index in [2.05, 4.69) is 50.4 Å².